The topological polar surface area (TPSA) is 77.6 Å². The zero-order valence-electron chi connectivity index (χ0n) is 13.1. The van der Waals surface area contributed by atoms with Crippen molar-refractivity contribution >= 4 is 17.6 Å². The fourth-order valence-corrected chi connectivity index (χ4v) is 2.32. The van der Waals surface area contributed by atoms with Crippen molar-refractivity contribution in [1.29, 1.82) is 0 Å². The number of pyridine rings is 1. The van der Waals surface area contributed by atoms with Crippen molar-refractivity contribution in [1.82, 2.24) is 20.1 Å². The molecule has 1 fully saturated rings. The maximum absolute atomic E-state index is 12.1. The number of carbonyl (C=O) groups is 2. The molecule has 2 N–H and O–H groups in total. The Morgan fingerprint density at radius 1 is 1.27 bits per heavy atom. The van der Waals surface area contributed by atoms with Crippen LogP contribution in [0.25, 0.3) is 0 Å². The van der Waals surface area contributed by atoms with E-state index in [4.69, 9.17) is 0 Å². The number of carbonyl (C=O) groups excluding carboxylic acids is 2. The van der Waals surface area contributed by atoms with Crippen LogP contribution in [0.5, 0.6) is 0 Å². The van der Waals surface area contributed by atoms with Crippen LogP contribution in [0.1, 0.15) is 13.8 Å². The molecule has 120 valence electrons. The lowest BCUT2D eigenvalue weighted by Gasteiger charge is -2.34. The van der Waals surface area contributed by atoms with Gasteiger partial charge in [-0.2, -0.15) is 0 Å². The van der Waals surface area contributed by atoms with Crippen molar-refractivity contribution in [3.8, 4) is 0 Å². The maximum atomic E-state index is 12.1. The summed E-state index contributed by atoms with van der Waals surface area (Å²) in [6.07, 6.45) is 3.28. The highest BCUT2D eigenvalue weighted by Gasteiger charge is 2.22. The molecule has 0 aromatic carbocycles. The highest BCUT2D eigenvalue weighted by Crippen LogP contribution is 2.07. The summed E-state index contributed by atoms with van der Waals surface area (Å²) in [6, 6.07) is 3.61. The quantitative estimate of drug-likeness (QED) is 0.861. The summed E-state index contributed by atoms with van der Waals surface area (Å²) in [6.45, 7) is 6.90. The highest BCUT2D eigenvalue weighted by atomic mass is 16.2. The van der Waals surface area contributed by atoms with Crippen LogP contribution in [-0.2, 0) is 4.79 Å². The van der Waals surface area contributed by atoms with Crippen LogP contribution in [0.3, 0.4) is 0 Å². The Bertz CT molecular complexity index is 498. The summed E-state index contributed by atoms with van der Waals surface area (Å²) >= 11 is 0. The van der Waals surface area contributed by atoms with Gasteiger partial charge in [0.25, 0.3) is 0 Å². The normalized spacial score (nSPS) is 15.7. The molecule has 22 heavy (non-hydrogen) atoms. The average Bonchev–Trinajstić information content (AvgIpc) is 2.48. The smallest absolute Gasteiger partial charge is 0.321 e. The average molecular weight is 305 g/mol. The molecule has 0 bridgehead atoms. The molecule has 1 aliphatic heterocycles. The van der Waals surface area contributed by atoms with Gasteiger partial charge in [-0.05, 0) is 26.0 Å². The zero-order valence-corrected chi connectivity index (χ0v) is 13.1. The van der Waals surface area contributed by atoms with Crippen molar-refractivity contribution < 1.29 is 9.59 Å². The minimum Gasteiger partial charge on any atom is -0.353 e. The summed E-state index contributed by atoms with van der Waals surface area (Å²) < 4.78 is 0. The Morgan fingerprint density at radius 2 is 2.00 bits per heavy atom. The Labute approximate surface area is 130 Å². The van der Waals surface area contributed by atoms with Crippen LogP contribution >= 0.6 is 0 Å². The largest absolute Gasteiger partial charge is 0.353 e. The van der Waals surface area contributed by atoms with E-state index in [9.17, 15) is 9.59 Å². The number of anilines is 1. The molecule has 0 atom stereocenters. The van der Waals surface area contributed by atoms with E-state index >= 15 is 0 Å². The van der Waals surface area contributed by atoms with Crippen LogP contribution in [0.15, 0.2) is 24.5 Å². The van der Waals surface area contributed by atoms with Gasteiger partial charge >= 0.3 is 6.03 Å². The molecule has 1 aromatic heterocycles. The molecule has 2 heterocycles. The van der Waals surface area contributed by atoms with Gasteiger partial charge in [0.05, 0.1) is 18.4 Å². The second kappa shape index (κ2) is 7.74. The van der Waals surface area contributed by atoms with Crippen molar-refractivity contribution in [2.75, 3.05) is 38.0 Å². The molecule has 7 heteroatoms. The molecule has 1 saturated heterocycles. The molecule has 0 radical (unpaired) electrons. The van der Waals surface area contributed by atoms with Crippen molar-refractivity contribution in [2.24, 2.45) is 0 Å². The van der Waals surface area contributed by atoms with E-state index in [0.29, 0.717) is 38.4 Å². The number of hydrogen-bond donors (Lipinski definition) is 2. The van der Waals surface area contributed by atoms with E-state index in [0.717, 1.165) is 0 Å². The molecule has 0 unspecified atom stereocenters. The Morgan fingerprint density at radius 3 is 2.59 bits per heavy atom. The van der Waals surface area contributed by atoms with E-state index in [-0.39, 0.29) is 18.0 Å². The van der Waals surface area contributed by atoms with Crippen LogP contribution in [-0.4, -0.2) is 65.5 Å². The molecule has 0 saturated carbocycles. The second-order valence-corrected chi connectivity index (χ2v) is 5.66. The molecule has 7 nitrogen and oxygen atoms in total. The lowest BCUT2D eigenvalue weighted by atomic mass is 10.3. The van der Waals surface area contributed by atoms with Gasteiger partial charge < -0.3 is 15.5 Å². The summed E-state index contributed by atoms with van der Waals surface area (Å²) in [5.41, 5.74) is 0.686. The Hall–Kier alpha value is -2.15. The van der Waals surface area contributed by atoms with Gasteiger partial charge in [-0.25, -0.2) is 4.79 Å². The molecule has 0 aliphatic carbocycles. The highest BCUT2D eigenvalue weighted by molar-refractivity contribution is 5.89. The molecule has 3 amide bonds. The van der Waals surface area contributed by atoms with E-state index < -0.39 is 0 Å². The zero-order chi connectivity index (χ0) is 15.9. The number of nitrogens with zero attached hydrogens (tertiary/aromatic N) is 3. The lowest BCUT2D eigenvalue weighted by molar-refractivity contribution is -0.123. The van der Waals surface area contributed by atoms with Crippen LogP contribution in [0, 0.1) is 0 Å². The summed E-state index contributed by atoms with van der Waals surface area (Å²) in [4.78, 5) is 31.6. The molecule has 1 aromatic rings. The molecule has 2 rings (SSSR count). The standard InChI is InChI=1S/C15H23N5O2/c1-12(2)17-14(21)11-19-6-8-20(9-7-19)15(22)18-13-4-3-5-16-10-13/h3-5,10,12H,6-9,11H2,1-2H3,(H,17,21)(H,18,22). The number of rotatable bonds is 4. The second-order valence-electron chi connectivity index (χ2n) is 5.66. The van der Waals surface area contributed by atoms with Gasteiger partial charge in [0, 0.05) is 38.4 Å². The monoisotopic (exact) mass is 305 g/mol. The SMILES string of the molecule is CC(C)NC(=O)CN1CCN(C(=O)Nc2cccnc2)CC1. The van der Waals surface area contributed by atoms with Crippen molar-refractivity contribution in [3.05, 3.63) is 24.5 Å². The Kier molecular flexibility index (Phi) is 5.71. The fourth-order valence-electron chi connectivity index (χ4n) is 2.32. The number of urea groups is 1. The third-order valence-electron chi connectivity index (χ3n) is 3.39. The fraction of sp³-hybridized carbons (Fsp3) is 0.533. The first-order valence-corrected chi connectivity index (χ1v) is 7.52. The van der Waals surface area contributed by atoms with E-state index in [2.05, 4.69) is 20.5 Å². The van der Waals surface area contributed by atoms with Gasteiger partial charge in [0.1, 0.15) is 0 Å². The minimum atomic E-state index is -0.126. The maximum Gasteiger partial charge on any atom is 0.321 e. The van der Waals surface area contributed by atoms with Gasteiger partial charge in [0.2, 0.25) is 5.91 Å². The van der Waals surface area contributed by atoms with E-state index in [1.807, 2.05) is 13.8 Å². The number of piperazine rings is 1. The van der Waals surface area contributed by atoms with Crippen LogP contribution < -0.4 is 10.6 Å². The number of amides is 3. The molecular formula is C15H23N5O2. The first kappa shape index (κ1) is 16.2. The third kappa shape index (κ3) is 5.00. The summed E-state index contributed by atoms with van der Waals surface area (Å²) in [5.74, 6) is 0.0308. The first-order chi connectivity index (χ1) is 10.5. The summed E-state index contributed by atoms with van der Waals surface area (Å²) in [7, 11) is 0. The van der Waals surface area contributed by atoms with Gasteiger partial charge in [-0.15, -0.1) is 0 Å². The number of nitrogens with one attached hydrogen (secondary N) is 2. The van der Waals surface area contributed by atoms with Gasteiger partial charge in [0.15, 0.2) is 0 Å². The minimum absolute atomic E-state index is 0.0308. The van der Waals surface area contributed by atoms with E-state index in [1.54, 1.807) is 29.4 Å². The lowest BCUT2D eigenvalue weighted by Crippen LogP contribution is -2.52. The predicted octanol–water partition coefficient (Wildman–Crippen LogP) is 0.756. The first-order valence-electron chi connectivity index (χ1n) is 7.52. The Balaban J connectivity index is 1.75. The van der Waals surface area contributed by atoms with Gasteiger partial charge in [-0.3, -0.25) is 14.7 Å². The predicted molar refractivity (Wildman–Crippen MR) is 84.5 cm³/mol. The number of hydrogen-bond acceptors (Lipinski definition) is 4. The van der Waals surface area contributed by atoms with Crippen molar-refractivity contribution in [3.63, 3.8) is 0 Å². The van der Waals surface area contributed by atoms with Crippen LogP contribution in [0.2, 0.25) is 0 Å². The van der Waals surface area contributed by atoms with Crippen molar-refractivity contribution in [2.45, 2.75) is 19.9 Å². The molecule has 1 aliphatic rings. The number of aromatic nitrogens is 1. The summed E-state index contributed by atoms with van der Waals surface area (Å²) in [5, 5.41) is 5.70. The van der Waals surface area contributed by atoms with E-state index in [1.165, 1.54) is 0 Å². The van der Waals surface area contributed by atoms with Crippen LogP contribution in [0.4, 0.5) is 10.5 Å². The molecular weight excluding hydrogens is 282 g/mol. The third-order valence-corrected chi connectivity index (χ3v) is 3.39. The molecule has 0 spiro atoms. The van der Waals surface area contributed by atoms with Gasteiger partial charge in [-0.1, -0.05) is 0 Å².